The summed E-state index contributed by atoms with van der Waals surface area (Å²) in [5.41, 5.74) is -1.16. The zero-order chi connectivity index (χ0) is 26.5. The summed E-state index contributed by atoms with van der Waals surface area (Å²) in [5, 5.41) is 12.3. The van der Waals surface area contributed by atoms with Crippen LogP contribution in [0.15, 0.2) is 0 Å². The smallest absolute Gasteiger partial charge is 0.303 e. The van der Waals surface area contributed by atoms with Gasteiger partial charge in [0, 0.05) is 25.7 Å². The molecule has 4 fully saturated rings. The highest BCUT2D eigenvalue weighted by atomic mass is 16.6. The van der Waals surface area contributed by atoms with Gasteiger partial charge < -0.3 is 14.6 Å². The Hall–Kier alpha value is -1.10. The van der Waals surface area contributed by atoms with Gasteiger partial charge in [-0.25, -0.2) is 0 Å². The molecule has 10 atom stereocenters. The molecule has 1 N–H and O–H groups in total. The maximum Gasteiger partial charge on any atom is 0.303 e. The van der Waals surface area contributed by atoms with Crippen LogP contribution in [0.2, 0.25) is 0 Å². The highest BCUT2D eigenvalue weighted by Crippen LogP contribution is 2.69. The van der Waals surface area contributed by atoms with Crippen molar-refractivity contribution < 1.29 is 24.2 Å². The predicted octanol–water partition coefficient (Wildman–Crippen LogP) is 6.70. The quantitative estimate of drug-likeness (QED) is 0.391. The number of hydrogen-bond donors (Lipinski definition) is 1. The number of esters is 2. The van der Waals surface area contributed by atoms with E-state index in [0.717, 1.165) is 43.4 Å². The van der Waals surface area contributed by atoms with Crippen LogP contribution in [0.4, 0.5) is 0 Å². The van der Waals surface area contributed by atoms with E-state index >= 15 is 0 Å². The number of ether oxygens (including phenoxy) is 2. The van der Waals surface area contributed by atoms with E-state index in [0.29, 0.717) is 29.6 Å². The summed E-state index contributed by atoms with van der Waals surface area (Å²) in [5.74, 6) is 3.15. The van der Waals surface area contributed by atoms with Crippen molar-refractivity contribution in [1.29, 1.82) is 0 Å². The van der Waals surface area contributed by atoms with Crippen LogP contribution < -0.4 is 0 Å². The van der Waals surface area contributed by atoms with Gasteiger partial charge in [0.1, 0.15) is 17.8 Å². The lowest BCUT2D eigenvalue weighted by molar-refractivity contribution is -0.271. The minimum Gasteiger partial charge on any atom is -0.462 e. The van der Waals surface area contributed by atoms with E-state index in [-0.39, 0.29) is 23.5 Å². The molecule has 36 heavy (non-hydrogen) atoms. The molecule has 0 aromatic rings. The fourth-order valence-electron chi connectivity index (χ4n) is 9.92. The van der Waals surface area contributed by atoms with Crippen molar-refractivity contribution in [1.82, 2.24) is 0 Å². The van der Waals surface area contributed by atoms with Crippen LogP contribution in [0.25, 0.3) is 0 Å². The number of fused-ring (bicyclic) bond motifs is 5. The number of carbonyl (C=O) groups is 2. The van der Waals surface area contributed by atoms with Gasteiger partial charge in [-0.3, -0.25) is 9.59 Å². The lowest BCUT2D eigenvalue weighted by atomic mass is 9.42. The van der Waals surface area contributed by atoms with Crippen molar-refractivity contribution >= 4 is 11.9 Å². The molecule has 0 bridgehead atoms. The number of rotatable bonds is 7. The normalized spacial score (nSPS) is 44.8. The molecule has 0 unspecified atom stereocenters. The first-order chi connectivity index (χ1) is 16.8. The maximum absolute atomic E-state index is 12.3. The van der Waals surface area contributed by atoms with Crippen molar-refractivity contribution in [2.45, 2.75) is 137 Å². The van der Waals surface area contributed by atoms with Crippen LogP contribution in [0.5, 0.6) is 0 Å². The Kier molecular flexibility index (Phi) is 7.93. The van der Waals surface area contributed by atoms with E-state index in [1.165, 1.54) is 52.4 Å². The van der Waals surface area contributed by atoms with Gasteiger partial charge in [-0.2, -0.15) is 0 Å². The van der Waals surface area contributed by atoms with Gasteiger partial charge in [0.2, 0.25) is 0 Å². The Bertz CT molecular complexity index is 824. The molecule has 5 heteroatoms. The third-order valence-electron chi connectivity index (χ3n) is 11.6. The first kappa shape index (κ1) is 27.9. The van der Waals surface area contributed by atoms with Crippen molar-refractivity contribution in [3.63, 3.8) is 0 Å². The fraction of sp³-hybridized carbons (Fsp3) is 0.935. The minimum atomic E-state index is -1.16. The molecule has 5 nitrogen and oxygen atoms in total. The molecule has 0 saturated heterocycles. The largest absolute Gasteiger partial charge is 0.462 e. The lowest BCUT2D eigenvalue weighted by Crippen LogP contribution is -2.69. The molecule has 0 aliphatic heterocycles. The number of hydrogen-bond acceptors (Lipinski definition) is 5. The molecular formula is C31H52O5. The fourth-order valence-corrected chi connectivity index (χ4v) is 9.92. The van der Waals surface area contributed by atoms with Gasteiger partial charge in [-0.05, 0) is 85.9 Å². The van der Waals surface area contributed by atoms with Gasteiger partial charge in [0.25, 0.3) is 0 Å². The highest BCUT2D eigenvalue weighted by Gasteiger charge is 2.68. The Morgan fingerprint density at radius 1 is 0.917 bits per heavy atom. The third-order valence-corrected chi connectivity index (χ3v) is 11.6. The Labute approximate surface area is 219 Å². The molecular weight excluding hydrogens is 452 g/mol. The number of aliphatic hydroxyl groups is 1. The topological polar surface area (TPSA) is 72.8 Å². The maximum atomic E-state index is 12.3. The number of carbonyl (C=O) groups excluding carboxylic acids is 2. The van der Waals surface area contributed by atoms with E-state index < -0.39 is 11.7 Å². The summed E-state index contributed by atoms with van der Waals surface area (Å²) in [6.07, 6.45) is 10.7. The molecule has 0 heterocycles. The Balaban J connectivity index is 1.59. The second kappa shape index (κ2) is 10.2. The van der Waals surface area contributed by atoms with Gasteiger partial charge in [0.15, 0.2) is 0 Å². The molecule has 0 spiro atoms. The van der Waals surface area contributed by atoms with Gasteiger partial charge >= 0.3 is 11.9 Å². The third kappa shape index (κ3) is 4.76. The summed E-state index contributed by atoms with van der Waals surface area (Å²) in [7, 11) is 0. The molecule has 4 saturated carbocycles. The average molecular weight is 505 g/mol. The second-order valence-electron chi connectivity index (χ2n) is 14.1. The van der Waals surface area contributed by atoms with E-state index in [4.69, 9.17) is 9.47 Å². The molecule has 4 aliphatic carbocycles. The molecule has 206 valence electrons. The summed E-state index contributed by atoms with van der Waals surface area (Å²) < 4.78 is 11.5. The Morgan fingerprint density at radius 2 is 1.61 bits per heavy atom. The molecule has 0 radical (unpaired) electrons. The predicted molar refractivity (Wildman–Crippen MR) is 141 cm³/mol. The molecule has 0 amide bonds. The van der Waals surface area contributed by atoms with Gasteiger partial charge in [0.05, 0.1) is 0 Å². The summed E-state index contributed by atoms with van der Waals surface area (Å²) in [6.45, 7) is 14.8. The highest BCUT2D eigenvalue weighted by molar-refractivity contribution is 5.66. The van der Waals surface area contributed by atoms with E-state index in [2.05, 4.69) is 34.6 Å². The molecule has 0 aromatic carbocycles. The van der Waals surface area contributed by atoms with Crippen molar-refractivity contribution in [2.24, 2.45) is 46.3 Å². The van der Waals surface area contributed by atoms with Gasteiger partial charge in [-0.15, -0.1) is 0 Å². The Morgan fingerprint density at radius 3 is 2.25 bits per heavy atom. The molecule has 4 rings (SSSR count). The van der Waals surface area contributed by atoms with E-state index in [9.17, 15) is 14.7 Å². The van der Waals surface area contributed by atoms with Crippen LogP contribution in [0, 0.1) is 46.3 Å². The zero-order valence-electron chi connectivity index (χ0n) is 24.0. The van der Waals surface area contributed by atoms with E-state index in [1.807, 2.05) is 0 Å². The lowest BCUT2D eigenvalue weighted by Gasteiger charge is -2.65. The monoisotopic (exact) mass is 504 g/mol. The van der Waals surface area contributed by atoms with Crippen LogP contribution in [-0.4, -0.2) is 34.9 Å². The van der Waals surface area contributed by atoms with Crippen LogP contribution >= 0.6 is 0 Å². The SMILES string of the molecule is CC(=O)O[C@@H]1CC[C@]2(C)[C@@H]3CC[C@]4(C)[C@H](CC[C@@H]4[C@H](C)CCCC(C)C)[C@H]3C[C@H](OC(C)=O)[C@@]2(O)C1. The first-order valence-corrected chi connectivity index (χ1v) is 14.9. The average Bonchev–Trinajstić information content (AvgIpc) is 3.12. The summed E-state index contributed by atoms with van der Waals surface area (Å²) in [6, 6.07) is 0. The van der Waals surface area contributed by atoms with Crippen LogP contribution in [0.1, 0.15) is 119 Å². The first-order valence-electron chi connectivity index (χ1n) is 14.9. The molecule has 4 aliphatic rings. The standard InChI is InChI=1S/C31H52O5/c1-19(2)9-8-10-20(3)25-11-12-26-24-17-28(36-22(5)33)31(34)18-23(35-21(4)32)13-16-30(31,7)27(24)14-15-29(25,26)6/h19-20,23-28,34H,8-18H2,1-7H3/t20-,23-,24-,25-,26-,27-,28+,29+,30-,31+/m1/s1. The zero-order valence-corrected chi connectivity index (χ0v) is 24.0. The van der Waals surface area contributed by atoms with Crippen LogP contribution in [-0.2, 0) is 19.1 Å². The van der Waals surface area contributed by atoms with Crippen molar-refractivity contribution in [2.75, 3.05) is 0 Å². The summed E-state index contributed by atoms with van der Waals surface area (Å²) in [4.78, 5) is 23.9. The summed E-state index contributed by atoms with van der Waals surface area (Å²) >= 11 is 0. The second-order valence-corrected chi connectivity index (χ2v) is 14.1. The minimum absolute atomic E-state index is 0.308. The van der Waals surface area contributed by atoms with Gasteiger partial charge in [-0.1, -0.05) is 53.9 Å². The van der Waals surface area contributed by atoms with E-state index in [1.54, 1.807) is 0 Å². The van der Waals surface area contributed by atoms with Crippen LogP contribution in [0.3, 0.4) is 0 Å². The van der Waals surface area contributed by atoms with Crippen molar-refractivity contribution in [3.8, 4) is 0 Å². The van der Waals surface area contributed by atoms with Crippen molar-refractivity contribution in [3.05, 3.63) is 0 Å². The molecule has 0 aromatic heterocycles.